The second-order valence-electron chi connectivity index (χ2n) is 4.87. The van der Waals surface area contributed by atoms with Crippen molar-refractivity contribution in [1.29, 1.82) is 0 Å². The topological polar surface area (TPSA) is 67.4 Å². The summed E-state index contributed by atoms with van der Waals surface area (Å²) < 4.78 is 4.70. The number of amides is 2. The summed E-state index contributed by atoms with van der Waals surface area (Å²) in [5, 5.41) is 5.55. The lowest BCUT2D eigenvalue weighted by Crippen LogP contribution is -2.49. The maximum Gasteiger partial charge on any atom is 0.328 e. The van der Waals surface area contributed by atoms with E-state index in [0.29, 0.717) is 6.42 Å². The Kier molecular flexibility index (Phi) is 11.3. The van der Waals surface area contributed by atoms with E-state index >= 15 is 0 Å². The van der Waals surface area contributed by atoms with Crippen LogP contribution < -0.4 is 10.6 Å². The number of hydrogen-bond donors (Lipinski definition) is 2. The first-order valence-electron chi connectivity index (χ1n) is 7.18. The first kappa shape index (κ1) is 19.1. The summed E-state index contributed by atoms with van der Waals surface area (Å²) >= 11 is 1.63. The molecule has 1 unspecified atom stereocenters. The minimum Gasteiger partial charge on any atom is -0.467 e. The van der Waals surface area contributed by atoms with Gasteiger partial charge < -0.3 is 15.4 Å². The molecule has 0 aromatic carbocycles. The normalized spacial score (nSPS) is 13.4. The molecule has 118 valence electrons. The van der Waals surface area contributed by atoms with Crippen molar-refractivity contribution >= 4 is 23.8 Å². The molecule has 0 aromatic heterocycles. The summed E-state index contributed by atoms with van der Waals surface area (Å²) in [6.45, 7) is 4.13. The third-order valence-electron chi connectivity index (χ3n) is 3.02. The van der Waals surface area contributed by atoms with Gasteiger partial charge in [0, 0.05) is 6.04 Å². The van der Waals surface area contributed by atoms with Crippen LogP contribution in [0.15, 0.2) is 0 Å². The van der Waals surface area contributed by atoms with Crippen LogP contribution >= 0.6 is 11.8 Å². The Balaban J connectivity index is 4.13. The molecule has 0 aromatic rings. The number of hydrogen-bond acceptors (Lipinski definition) is 4. The quantitative estimate of drug-likeness (QED) is 0.481. The van der Waals surface area contributed by atoms with E-state index in [4.69, 9.17) is 4.74 Å². The van der Waals surface area contributed by atoms with E-state index in [1.807, 2.05) is 13.2 Å². The smallest absolute Gasteiger partial charge is 0.328 e. The Morgan fingerprint density at radius 1 is 1.20 bits per heavy atom. The highest BCUT2D eigenvalue weighted by Gasteiger charge is 2.21. The van der Waals surface area contributed by atoms with Crippen molar-refractivity contribution in [3.05, 3.63) is 0 Å². The van der Waals surface area contributed by atoms with Crippen molar-refractivity contribution < 1.29 is 14.3 Å². The number of thioether (sulfide) groups is 1. The van der Waals surface area contributed by atoms with E-state index in [2.05, 4.69) is 17.6 Å². The lowest BCUT2D eigenvalue weighted by atomic mass is 10.1. The van der Waals surface area contributed by atoms with E-state index in [-0.39, 0.29) is 12.1 Å². The van der Waals surface area contributed by atoms with Gasteiger partial charge in [0.25, 0.3) is 0 Å². The van der Waals surface area contributed by atoms with Crippen molar-refractivity contribution in [3.63, 3.8) is 0 Å². The van der Waals surface area contributed by atoms with Crippen LogP contribution in [0.5, 0.6) is 0 Å². The molecule has 6 heteroatoms. The fourth-order valence-corrected chi connectivity index (χ4v) is 2.29. The molecule has 0 spiro atoms. The highest BCUT2D eigenvalue weighted by Crippen LogP contribution is 2.04. The third-order valence-corrected chi connectivity index (χ3v) is 3.66. The Labute approximate surface area is 126 Å². The van der Waals surface area contributed by atoms with Gasteiger partial charge >= 0.3 is 12.0 Å². The summed E-state index contributed by atoms with van der Waals surface area (Å²) in [5.41, 5.74) is 0. The van der Waals surface area contributed by atoms with Crippen molar-refractivity contribution in [2.45, 2.75) is 58.0 Å². The average Bonchev–Trinajstić information content (AvgIpc) is 2.42. The highest BCUT2D eigenvalue weighted by molar-refractivity contribution is 7.98. The lowest BCUT2D eigenvalue weighted by molar-refractivity contribution is -0.142. The van der Waals surface area contributed by atoms with E-state index in [0.717, 1.165) is 25.0 Å². The molecule has 20 heavy (non-hydrogen) atoms. The van der Waals surface area contributed by atoms with E-state index in [1.54, 1.807) is 11.8 Å². The molecule has 0 aliphatic rings. The first-order valence-corrected chi connectivity index (χ1v) is 8.58. The fourth-order valence-electron chi connectivity index (χ4n) is 1.82. The number of ether oxygens (including phenoxy) is 1. The van der Waals surface area contributed by atoms with E-state index in [9.17, 15) is 9.59 Å². The maximum atomic E-state index is 11.8. The molecule has 0 heterocycles. The van der Waals surface area contributed by atoms with E-state index < -0.39 is 12.0 Å². The van der Waals surface area contributed by atoms with Crippen LogP contribution in [0.3, 0.4) is 0 Å². The van der Waals surface area contributed by atoms with Gasteiger partial charge in [0.15, 0.2) is 0 Å². The number of esters is 1. The minimum atomic E-state index is -0.574. The van der Waals surface area contributed by atoms with Crippen molar-refractivity contribution in [2.75, 3.05) is 19.1 Å². The van der Waals surface area contributed by atoms with Gasteiger partial charge in [-0.25, -0.2) is 9.59 Å². The van der Waals surface area contributed by atoms with Gasteiger partial charge in [0.2, 0.25) is 0 Å². The van der Waals surface area contributed by atoms with Crippen LogP contribution in [0.2, 0.25) is 0 Å². The molecular weight excluding hydrogens is 276 g/mol. The van der Waals surface area contributed by atoms with Gasteiger partial charge in [-0.3, -0.25) is 0 Å². The molecule has 0 radical (unpaired) electrons. The molecule has 0 saturated carbocycles. The van der Waals surface area contributed by atoms with Crippen molar-refractivity contribution in [3.8, 4) is 0 Å². The Bertz CT molecular complexity index is 288. The molecular formula is C14H28N2O3S. The summed E-state index contributed by atoms with van der Waals surface area (Å²) in [6, 6.07) is -0.763. The van der Waals surface area contributed by atoms with Gasteiger partial charge in [0.05, 0.1) is 7.11 Å². The number of methoxy groups -OCH3 is 1. The standard InChI is InChI=1S/C14H28N2O3S/c1-5-6-7-8-11(2)15-14(18)16-12(9-10-20-4)13(17)19-3/h11-12H,5-10H2,1-4H3,(H2,15,16,18)/t11?,12-/m0/s1. The number of unbranched alkanes of at least 4 members (excludes halogenated alkanes) is 2. The number of rotatable bonds is 10. The van der Waals surface area contributed by atoms with Crippen molar-refractivity contribution in [1.82, 2.24) is 10.6 Å². The minimum absolute atomic E-state index is 0.111. The second kappa shape index (κ2) is 11.9. The zero-order valence-electron chi connectivity index (χ0n) is 13.0. The Morgan fingerprint density at radius 3 is 2.45 bits per heavy atom. The van der Waals surface area contributed by atoms with Gasteiger partial charge in [-0.05, 0) is 31.8 Å². The number of nitrogens with one attached hydrogen (secondary N) is 2. The molecule has 0 saturated heterocycles. The molecule has 2 atom stereocenters. The second-order valence-corrected chi connectivity index (χ2v) is 5.86. The molecule has 2 N–H and O–H groups in total. The number of urea groups is 1. The predicted octanol–water partition coefficient (Wildman–Crippen LogP) is 2.55. The molecule has 0 aliphatic carbocycles. The maximum absolute atomic E-state index is 11.8. The average molecular weight is 304 g/mol. The van der Waals surface area contributed by atoms with Crippen LogP contribution in [-0.2, 0) is 9.53 Å². The number of carbonyl (C=O) groups is 2. The van der Waals surface area contributed by atoms with Gasteiger partial charge in [-0.15, -0.1) is 0 Å². The fraction of sp³-hybridized carbons (Fsp3) is 0.857. The highest BCUT2D eigenvalue weighted by atomic mass is 32.2. The molecule has 0 aliphatic heterocycles. The van der Waals surface area contributed by atoms with Gasteiger partial charge in [-0.1, -0.05) is 26.2 Å². The van der Waals surface area contributed by atoms with Crippen LogP contribution in [-0.4, -0.2) is 43.2 Å². The summed E-state index contributed by atoms with van der Waals surface area (Å²) in [6.07, 6.45) is 6.93. The Hall–Kier alpha value is -0.910. The summed E-state index contributed by atoms with van der Waals surface area (Å²) in [5.74, 6) is 0.402. The molecule has 0 fully saturated rings. The predicted molar refractivity (Wildman–Crippen MR) is 84.1 cm³/mol. The van der Waals surface area contributed by atoms with E-state index in [1.165, 1.54) is 13.5 Å². The SMILES string of the molecule is CCCCCC(C)NC(=O)N[C@@H](CCSC)C(=O)OC. The zero-order valence-corrected chi connectivity index (χ0v) is 13.8. The summed E-state index contributed by atoms with van der Waals surface area (Å²) in [4.78, 5) is 23.4. The molecule has 0 bridgehead atoms. The largest absolute Gasteiger partial charge is 0.467 e. The van der Waals surface area contributed by atoms with Crippen LogP contribution in [0.25, 0.3) is 0 Å². The third kappa shape index (κ3) is 9.07. The molecule has 0 rings (SSSR count). The summed E-state index contributed by atoms with van der Waals surface area (Å²) in [7, 11) is 1.33. The van der Waals surface area contributed by atoms with Crippen LogP contribution in [0, 0.1) is 0 Å². The first-order chi connectivity index (χ1) is 9.54. The van der Waals surface area contributed by atoms with Crippen molar-refractivity contribution in [2.24, 2.45) is 0 Å². The van der Waals surface area contributed by atoms with Gasteiger partial charge in [0.1, 0.15) is 6.04 Å². The number of carbonyl (C=O) groups excluding carboxylic acids is 2. The van der Waals surface area contributed by atoms with Crippen LogP contribution in [0.1, 0.15) is 46.0 Å². The Morgan fingerprint density at radius 2 is 1.90 bits per heavy atom. The van der Waals surface area contributed by atoms with Crippen LogP contribution in [0.4, 0.5) is 4.79 Å². The molecule has 2 amide bonds. The zero-order chi connectivity index (χ0) is 15.4. The lowest BCUT2D eigenvalue weighted by Gasteiger charge is -2.19. The molecule has 5 nitrogen and oxygen atoms in total. The monoisotopic (exact) mass is 304 g/mol. The van der Waals surface area contributed by atoms with Gasteiger partial charge in [-0.2, -0.15) is 11.8 Å².